The average Bonchev–Trinajstić information content (AvgIpc) is 1.99. The summed E-state index contributed by atoms with van der Waals surface area (Å²) in [7, 11) is 0. The second-order valence-electron chi connectivity index (χ2n) is 4.60. The monoisotopic (exact) mass is 171 g/mol. The lowest BCUT2D eigenvalue weighted by Crippen LogP contribution is -2.46. The Bertz CT molecular complexity index is 135. The normalized spacial score (nSPS) is 43.5. The van der Waals surface area contributed by atoms with Gasteiger partial charge in [0.05, 0.1) is 6.10 Å². The minimum atomic E-state index is -0.277. The molecule has 0 aromatic carbocycles. The van der Waals surface area contributed by atoms with Crippen molar-refractivity contribution >= 4 is 0 Å². The molecule has 0 spiro atoms. The fraction of sp³-hybridized carbons (Fsp3) is 1.00. The molecule has 3 N–H and O–H groups in total. The molecule has 1 rings (SSSR count). The Morgan fingerprint density at radius 1 is 1.33 bits per heavy atom. The number of hydrogen-bond acceptors (Lipinski definition) is 2. The molecule has 12 heavy (non-hydrogen) atoms. The standard InChI is InChI=1S/C10H21NO/c1-6(2)8-4-7(3)10(11)9(12)5-8/h6-10,12H,4-5,11H2,1-3H3/t7?,8-,9+,10-/m1/s1. The molecule has 1 aliphatic carbocycles. The summed E-state index contributed by atoms with van der Waals surface area (Å²) in [5, 5.41) is 9.64. The van der Waals surface area contributed by atoms with Gasteiger partial charge in [0.25, 0.3) is 0 Å². The van der Waals surface area contributed by atoms with Gasteiger partial charge in [0, 0.05) is 6.04 Å². The van der Waals surface area contributed by atoms with Gasteiger partial charge in [0.15, 0.2) is 0 Å². The second-order valence-corrected chi connectivity index (χ2v) is 4.60. The van der Waals surface area contributed by atoms with Crippen LogP contribution in [0.25, 0.3) is 0 Å². The molecule has 1 aliphatic rings. The van der Waals surface area contributed by atoms with Crippen LogP contribution in [-0.4, -0.2) is 17.3 Å². The third kappa shape index (κ3) is 1.99. The summed E-state index contributed by atoms with van der Waals surface area (Å²) in [6, 6.07) is -0.000000000000000222. The number of nitrogens with two attached hydrogens (primary N) is 1. The minimum absolute atomic E-state index is 0.000000000000000222. The molecular weight excluding hydrogens is 150 g/mol. The van der Waals surface area contributed by atoms with Crippen LogP contribution in [0.2, 0.25) is 0 Å². The Morgan fingerprint density at radius 3 is 2.33 bits per heavy atom. The van der Waals surface area contributed by atoms with Gasteiger partial charge in [-0.05, 0) is 30.6 Å². The van der Waals surface area contributed by atoms with Crippen LogP contribution in [0, 0.1) is 17.8 Å². The van der Waals surface area contributed by atoms with E-state index in [0.717, 1.165) is 6.42 Å². The van der Waals surface area contributed by atoms with Gasteiger partial charge in [0.1, 0.15) is 0 Å². The Balaban J connectivity index is 2.53. The molecule has 2 heteroatoms. The molecule has 0 aliphatic heterocycles. The molecule has 0 aromatic rings. The van der Waals surface area contributed by atoms with Crippen molar-refractivity contribution in [1.82, 2.24) is 0 Å². The lowest BCUT2D eigenvalue weighted by molar-refractivity contribution is 0.0391. The summed E-state index contributed by atoms with van der Waals surface area (Å²) in [4.78, 5) is 0. The van der Waals surface area contributed by atoms with Gasteiger partial charge in [-0.15, -0.1) is 0 Å². The van der Waals surface area contributed by atoms with Crippen molar-refractivity contribution in [2.24, 2.45) is 23.5 Å². The summed E-state index contributed by atoms with van der Waals surface area (Å²) in [6.45, 7) is 6.59. The molecule has 0 aromatic heterocycles. The topological polar surface area (TPSA) is 46.2 Å². The molecule has 2 nitrogen and oxygen atoms in total. The molecular formula is C10H21NO. The van der Waals surface area contributed by atoms with E-state index >= 15 is 0 Å². The van der Waals surface area contributed by atoms with Gasteiger partial charge in [-0.1, -0.05) is 20.8 Å². The summed E-state index contributed by atoms with van der Waals surface area (Å²) < 4.78 is 0. The molecule has 1 saturated carbocycles. The smallest absolute Gasteiger partial charge is 0.0696 e. The molecule has 0 radical (unpaired) electrons. The Kier molecular flexibility index (Phi) is 3.13. The van der Waals surface area contributed by atoms with Crippen LogP contribution < -0.4 is 5.73 Å². The maximum atomic E-state index is 9.64. The SMILES string of the molecule is CC(C)[C@@H]1CC(C)[C@@H](N)[C@@H](O)C1. The highest BCUT2D eigenvalue weighted by Gasteiger charge is 2.32. The minimum Gasteiger partial charge on any atom is -0.391 e. The van der Waals surface area contributed by atoms with Crippen molar-refractivity contribution in [2.45, 2.75) is 45.8 Å². The van der Waals surface area contributed by atoms with E-state index in [2.05, 4.69) is 20.8 Å². The number of hydrogen-bond donors (Lipinski definition) is 2. The van der Waals surface area contributed by atoms with Gasteiger partial charge < -0.3 is 10.8 Å². The van der Waals surface area contributed by atoms with Crippen LogP contribution in [0.4, 0.5) is 0 Å². The maximum Gasteiger partial charge on any atom is 0.0696 e. The summed E-state index contributed by atoms with van der Waals surface area (Å²) >= 11 is 0. The van der Waals surface area contributed by atoms with Crippen molar-refractivity contribution in [3.8, 4) is 0 Å². The zero-order valence-corrected chi connectivity index (χ0v) is 8.33. The number of aliphatic hydroxyl groups excluding tert-OH is 1. The molecule has 1 fully saturated rings. The largest absolute Gasteiger partial charge is 0.391 e. The second kappa shape index (κ2) is 3.75. The highest BCUT2D eigenvalue weighted by molar-refractivity contribution is 4.87. The van der Waals surface area contributed by atoms with E-state index in [1.165, 1.54) is 6.42 Å². The molecule has 72 valence electrons. The fourth-order valence-corrected chi connectivity index (χ4v) is 2.12. The van der Waals surface area contributed by atoms with E-state index in [1.807, 2.05) is 0 Å². The molecule has 0 heterocycles. The lowest BCUT2D eigenvalue weighted by Gasteiger charge is -2.37. The predicted octanol–water partition coefficient (Wildman–Crippen LogP) is 1.38. The Labute approximate surface area is 75.2 Å². The van der Waals surface area contributed by atoms with Crippen LogP contribution >= 0.6 is 0 Å². The molecule has 4 atom stereocenters. The van der Waals surface area contributed by atoms with E-state index in [0.29, 0.717) is 17.8 Å². The van der Waals surface area contributed by atoms with Crippen LogP contribution in [0.1, 0.15) is 33.6 Å². The Hall–Kier alpha value is -0.0800. The molecule has 0 bridgehead atoms. The van der Waals surface area contributed by atoms with Crippen LogP contribution in [0.5, 0.6) is 0 Å². The van der Waals surface area contributed by atoms with Gasteiger partial charge in [-0.2, -0.15) is 0 Å². The van der Waals surface area contributed by atoms with Crippen LogP contribution in [0.3, 0.4) is 0 Å². The van der Waals surface area contributed by atoms with Gasteiger partial charge in [-0.3, -0.25) is 0 Å². The fourth-order valence-electron chi connectivity index (χ4n) is 2.12. The first-order chi connectivity index (χ1) is 5.52. The van der Waals surface area contributed by atoms with Crippen molar-refractivity contribution < 1.29 is 5.11 Å². The van der Waals surface area contributed by atoms with Crippen molar-refractivity contribution in [1.29, 1.82) is 0 Å². The van der Waals surface area contributed by atoms with E-state index in [9.17, 15) is 5.11 Å². The van der Waals surface area contributed by atoms with Crippen molar-refractivity contribution in [3.05, 3.63) is 0 Å². The van der Waals surface area contributed by atoms with Gasteiger partial charge >= 0.3 is 0 Å². The van der Waals surface area contributed by atoms with Crippen molar-refractivity contribution in [2.75, 3.05) is 0 Å². The zero-order chi connectivity index (χ0) is 9.30. The molecule has 0 saturated heterocycles. The highest BCUT2D eigenvalue weighted by Crippen LogP contribution is 2.32. The van der Waals surface area contributed by atoms with Gasteiger partial charge in [-0.25, -0.2) is 0 Å². The summed E-state index contributed by atoms with van der Waals surface area (Å²) in [5.74, 6) is 1.81. The predicted molar refractivity (Wildman–Crippen MR) is 50.7 cm³/mol. The number of rotatable bonds is 1. The first-order valence-electron chi connectivity index (χ1n) is 4.96. The highest BCUT2D eigenvalue weighted by atomic mass is 16.3. The quantitative estimate of drug-likeness (QED) is 0.626. The van der Waals surface area contributed by atoms with E-state index in [4.69, 9.17) is 5.73 Å². The summed E-state index contributed by atoms with van der Waals surface area (Å²) in [6.07, 6.45) is 1.79. The first-order valence-corrected chi connectivity index (χ1v) is 4.96. The zero-order valence-electron chi connectivity index (χ0n) is 8.33. The van der Waals surface area contributed by atoms with E-state index in [-0.39, 0.29) is 12.1 Å². The lowest BCUT2D eigenvalue weighted by atomic mass is 9.73. The maximum absolute atomic E-state index is 9.64. The van der Waals surface area contributed by atoms with Gasteiger partial charge in [0.2, 0.25) is 0 Å². The molecule has 1 unspecified atom stereocenters. The van der Waals surface area contributed by atoms with E-state index < -0.39 is 0 Å². The Morgan fingerprint density at radius 2 is 1.92 bits per heavy atom. The average molecular weight is 171 g/mol. The van der Waals surface area contributed by atoms with Crippen molar-refractivity contribution in [3.63, 3.8) is 0 Å². The number of aliphatic hydroxyl groups is 1. The van der Waals surface area contributed by atoms with E-state index in [1.54, 1.807) is 0 Å². The summed E-state index contributed by atoms with van der Waals surface area (Å²) in [5.41, 5.74) is 5.83. The van der Waals surface area contributed by atoms with Crippen LogP contribution in [0.15, 0.2) is 0 Å². The third-order valence-electron chi connectivity index (χ3n) is 3.26. The third-order valence-corrected chi connectivity index (χ3v) is 3.26. The first kappa shape index (κ1) is 10.0. The molecule has 0 amide bonds. The van der Waals surface area contributed by atoms with Crippen LogP contribution in [-0.2, 0) is 0 Å².